The maximum Gasteiger partial charge on any atom is 0.305 e. The second-order valence-electron chi connectivity index (χ2n) is 5.43. The summed E-state index contributed by atoms with van der Waals surface area (Å²) in [7, 11) is 0. The van der Waals surface area contributed by atoms with Gasteiger partial charge in [-0.15, -0.1) is 5.10 Å². The minimum Gasteiger partial charge on any atom is -0.481 e. The van der Waals surface area contributed by atoms with Crippen LogP contribution in [0.1, 0.15) is 30.9 Å². The number of aliphatic carboxylic acids is 1. The molecule has 1 unspecified atom stereocenters. The summed E-state index contributed by atoms with van der Waals surface area (Å²) < 4.78 is 15.5. The zero-order valence-corrected chi connectivity index (χ0v) is 11.5. The highest BCUT2D eigenvalue weighted by atomic mass is 19.1. The van der Waals surface area contributed by atoms with Gasteiger partial charge >= 0.3 is 5.97 Å². The molecule has 0 aliphatic heterocycles. The summed E-state index contributed by atoms with van der Waals surface area (Å²) in [5, 5.41) is 20.5. The smallest absolute Gasteiger partial charge is 0.305 e. The summed E-state index contributed by atoms with van der Waals surface area (Å²) in [6, 6.07) is 4.38. The van der Waals surface area contributed by atoms with Gasteiger partial charge in [0.25, 0.3) is 0 Å². The molecule has 110 valence electrons. The predicted molar refractivity (Wildman–Crippen MR) is 72.0 cm³/mol. The van der Waals surface area contributed by atoms with Crippen molar-refractivity contribution in [1.29, 1.82) is 0 Å². The van der Waals surface area contributed by atoms with Gasteiger partial charge in [-0.25, -0.2) is 9.07 Å². The van der Waals surface area contributed by atoms with E-state index in [1.54, 1.807) is 12.1 Å². The molecular formula is C14H15FN4O2. The fourth-order valence-electron chi connectivity index (χ4n) is 2.52. The molecule has 1 atom stereocenters. The van der Waals surface area contributed by atoms with Gasteiger partial charge in [0.15, 0.2) is 5.82 Å². The molecule has 1 N–H and O–H groups in total. The fourth-order valence-corrected chi connectivity index (χ4v) is 2.52. The zero-order valence-electron chi connectivity index (χ0n) is 11.5. The van der Waals surface area contributed by atoms with E-state index in [4.69, 9.17) is 5.11 Å². The lowest BCUT2D eigenvalue weighted by Gasteiger charge is -2.16. The Morgan fingerprint density at radius 2 is 2.29 bits per heavy atom. The topological polar surface area (TPSA) is 80.9 Å². The van der Waals surface area contributed by atoms with Crippen LogP contribution in [-0.2, 0) is 4.79 Å². The monoisotopic (exact) mass is 290 g/mol. The van der Waals surface area contributed by atoms with E-state index in [-0.39, 0.29) is 24.2 Å². The summed E-state index contributed by atoms with van der Waals surface area (Å²) in [6.45, 7) is 1.85. The van der Waals surface area contributed by atoms with Crippen molar-refractivity contribution in [3.63, 3.8) is 0 Å². The first-order valence-electron chi connectivity index (χ1n) is 6.82. The maximum atomic E-state index is 14.0. The first kappa shape index (κ1) is 13.7. The lowest BCUT2D eigenvalue weighted by atomic mass is 10.1. The van der Waals surface area contributed by atoms with Crippen LogP contribution in [0.2, 0.25) is 0 Å². The average molecular weight is 290 g/mol. The third-order valence-electron chi connectivity index (χ3n) is 3.72. The molecule has 1 aliphatic rings. The Bertz CT molecular complexity index is 681. The molecular weight excluding hydrogens is 275 g/mol. The van der Waals surface area contributed by atoms with E-state index >= 15 is 0 Å². The number of carbonyl (C=O) groups is 1. The Labute approximate surface area is 120 Å². The number of hydrogen-bond donors (Lipinski definition) is 1. The van der Waals surface area contributed by atoms with Gasteiger partial charge in [0, 0.05) is 0 Å². The molecule has 1 aromatic carbocycles. The zero-order chi connectivity index (χ0) is 15.0. The molecule has 1 fully saturated rings. The summed E-state index contributed by atoms with van der Waals surface area (Å²) >= 11 is 0. The lowest BCUT2D eigenvalue weighted by Crippen LogP contribution is -2.18. The number of tetrazole rings is 1. The molecule has 0 saturated heterocycles. The van der Waals surface area contributed by atoms with E-state index < -0.39 is 11.8 Å². The first-order valence-corrected chi connectivity index (χ1v) is 6.82. The summed E-state index contributed by atoms with van der Waals surface area (Å²) in [5.74, 6) is -0.787. The van der Waals surface area contributed by atoms with Crippen molar-refractivity contribution in [3.8, 4) is 11.4 Å². The summed E-state index contributed by atoms with van der Waals surface area (Å²) in [5.41, 5.74) is 1.19. The molecule has 1 heterocycles. The fraction of sp³-hybridized carbons (Fsp3) is 0.429. The van der Waals surface area contributed by atoms with Gasteiger partial charge in [0.2, 0.25) is 0 Å². The number of carboxylic acid groups (broad SMARTS) is 1. The Kier molecular flexibility index (Phi) is 3.40. The van der Waals surface area contributed by atoms with Gasteiger partial charge in [-0.1, -0.05) is 11.6 Å². The molecule has 1 aliphatic carbocycles. The number of hydrogen-bond acceptors (Lipinski definition) is 4. The molecule has 1 aromatic heterocycles. The van der Waals surface area contributed by atoms with Crippen molar-refractivity contribution in [3.05, 3.63) is 29.6 Å². The Balaban J connectivity index is 2.03. The van der Waals surface area contributed by atoms with Crippen LogP contribution >= 0.6 is 0 Å². The van der Waals surface area contributed by atoms with Crippen molar-refractivity contribution >= 4 is 5.97 Å². The second kappa shape index (κ2) is 5.23. The van der Waals surface area contributed by atoms with E-state index in [0.29, 0.717) is 5.56 Å². The van der Waals surface area contributed by atoms with E-state index in [9.17, 15) is 9.18 Å². The molecule has 0 spiro atoms. The summed E-state index contributed by atoms with van der Waals surface area (Å²) in [6.07, 6.45) is 1.84. The van der Waals surface area contributed by atoms with Crippen LogP contribution in [0.4, 0.5) is 4.39 Å². The first-order chi connectivity index (χ1) is 10.1. The van der Waals surface area contributed by atoms with Crippen LogP contribution in [0.5, 0.6) is 0 Å². The van der Waals surface area contributed by atoms with Crippen molar-refractivity contribution in [2.24, 2.45) is 5.92 Å². The second-order valence-corrected chi connectivity index (χ2v) is 5.43. The van der Waals surface area contributed by atoms with Gasteiger partial charge < -0.3 is 5.11 Å². The lowest BCUT2D eigenvalue weighted by molar-refractivity contribution is -0.138. The SMILES string of the molecule is Cc1ccc(F)c(-c2nnnn2C(CC(=O)O)C2CC2)c1. The van der Waals surface area contributed by atoms with Gasteiger partial charge in [-0.3, -0.25) is 4.79 Å². The molecule has 21 heavy (non-hydrogen) atoms. The number of rotatable bonds is 5. The van der Waals surface area contributed by atoms with Gasteiger partial charge in [-0.2, -0.15) is 0 Å². The minimum absolute atomic E-state index is 0.0594. The molecule has 3 rings (SSSR count). The largest absolute Gasteiger partial charge is 0.481 e. The number of halogens is 1. The van der Waals surface area contributed by atoms with Crippen LogP contribution in [0.25, 0.3) is 11.4 Å². The van der Waals surface area contributed by atoms with Crippen LogP contribution in [-0.4, -0.2) is 31.3 Å². The van der Waals surface area contributed by atoms with Gasteiger partial charge in [-0.05, 0) is 48.2 Å². The average Bonchev–Trinajstić information content (AvgIpc) is 3.16. The number of nitrogens with zero attached hydrogens (tertiary/aromatic N) is 4. The van der Waals surface area contributed by atoms with Crippen LogP contribution in [0.3, 0.4) is 0 Å². The van der Waals surface area contributed by atoms with E-state index in [2.05, 4.69) is 15.5 Å². The number of carboxylic acids is 1. The molecule has 0 amide bonds. The third kappa shape index (κ3) is 2.76. The number of benzene rings is 1. The minimum atomic E-state index is -0.905. The number of aryl methyl sites for hydroxylation is 1. The highest BCUT2D eigenvalue weighted by Gasteiger charge is 2.36. The quantitative estimate of drug-likeness (QED) is 0.913. The molecule has 7 heteroatoms. The van der Waals surface area contributed by atoms with Crippen molar-refractivity contribution in [1.82, 2.24) is 20.2 Å². The van der Waals surface area contributed by atoms with Gasteiger partial charge in [0.1, 0.15) is 5.82 Å². The maximum absolute atomic E-state index is 14.0. The van der Waals surface area contributed by atoms with Crippen molar-refractivity contribution < 1.29 is 14.3 Å². The predicted octanol–water partition coefficient (Wildman–Crippen LogP) is 2.21. The normalized spacial score (nSPS) is 15.9. The van der Waals surface area contributed by atoms with Crippen molar-refractivity contribution in [2.75, 3.05) is 0 Å². The molecule has 2 aromatic rings. The molecule has 6 nitrogen and oxygen atoms in total. The Morgan fingerprint density at radius 3 is 2.95 bits per heavy atom. The molecule has 1 saturated carbocycles. The summed E-state index contributed by atoms with van der Waals surface area (Å²) in [4.78, 5) is 11.0. The highest BCUT2D eigenvalue weighted by Crippen LogP contribution is 2.42. The Hall–Kier alpha value is -2.31. The van der Waals surface area contributed by atoms with E-state index in [1.807, 2.05) is 6.92 Å². The van der Waals surface area contributed by atoms with Gasteiger partial charge in [0.05, 0.1) is 18.0 Å². The van der Waals surface area contributed by atoms with Crippen molar-refractivity contribution in [2.45, 2.75) is 32.2 Å². The van der Waals surface area contributed by atoms with E-state index in [0.717, 1.165) is 18.4 Å². The third-order valence-corrected chi connectivity index (χ3v) is 3.72. The standard InChI is InChI=1S/C14H15FN4O2/c1-8-2-5-11(15)10(6-8)14-16-17-18-19(14)12(7-13(20)21)9-3-4-9/h2,5-6,9,12H,3-4,7H2,1H3,(H,20,21). The molecule has 0 bridgehead atoms. The van der Waals surface area contributed by atoms with Crippen LogP contribution < -0.4 is 0 Å². The molecule has 0 radical (unpaired) electrons. The number of aromatic nitrogens is 4. The van der Waals surface area contributed by atoms with E-state index in [1.165, 1.54) is 10.7 Å². The Morgan fingerprint density at radius 1 is 1.52 bits per heavy atom. The highest BCUT2D eigenvalue weighted by molar-refractivity contribution is 5.67. The van der Waals surface area contributed by atoms with Crippen LogP contribution in [0, 0.1) is 18.7 Å². The van der Waals surface area contributed by atoms with Crippen LogP contribution in [0.15, 0.2) is 18.2 Å².